The third-order valence-corrected chi connectivity index (χ3v) is 4.50. The fourth-order valence-corrected chi connectivity index (χ4v) is 2.97. The van der Waals surface area contributed by atoms with Crippen LogP contribution in [0.4, 0.5) is 26.5 Å². The molecule has 1 fully saturated rings. The van der Waals surface area contributed by atoms with Crippen LogP contribution in [0.15, 0.2) is 30.6 Å². The molecular formula is C18H19F2N7. The highest BCUT2D eigenvalue weighted by Gasteiger charge is 2.27. The number of halogens is 2. The molecule has 2 N–H and O–H groups in total. The van der Waals surface area contributed by atoms with Crippen LogP contribution < -0.4 is 10.6 Å². The van der Waals surface area contributed by atoms with Crippen LogP contribution in [0.2, 0.25) is 0 Å². The third kappa shape index (κ3) is 3.86. The summed E-state index contributed by atoms with van der Waals surface area (Å²) in [6, 6.07) is 5.01. The molecule has 0 bridgehead atoms. The highest BCUT2D eigenvalue weighted by Crippen LogP contribution is 2.40. The summed E-state index contributed by atoms with van der Waals surface area (Å²) in [7, 11) is 1.91. The Kier molecular flexibility index (Phi) is 4.43. The Labute approximate surface area is 154 Å². The van der Waals surface area contributed by atoms with E-state index >= 15 is 0 Å². The molecule has 0 spiro atoms. The average molecular weight is 371 g/mol. The number of aryl methyl sites for hydroxylation is 1. The van der Waals surface area contributed by atoms with Gasteiger partial charge >= 0.3 is 0 Å². The van der Waals surface area contributed by atoms with Crippen molar-refractivity contribution in [2.75, 3.05) is 10.6 Å². The second-order valence-electron chi connectivity index (χ2n) is 6.64. The molecule has 2 aromatic heterocycles. The number of benzene rings is 1. The molecule has 1 saturated carbocycles. The van der Waals surface area contributed by atoms with Crippen molar-refractivity contribution < 1.29 is 8.78 Å². The summed E-state index contributed by atoms with van der Waals surface area (Å²) in [5, 5.41) is 10.5. The molecule has 1 aliphatic rings. The van der Waals surface area contributed by atoms with Crippen LogP contribution in [-0.4, -0.2) is 24.7 Å². The fraction of sp³-hybridized carbons (Fsp3) is 0.333. The maximum absolute atomic E-state index is 13.9. The number of anilines is 3. The standard InChI is InChI=1S/C18H19F2N7/c1-10(13-6-5-12(19)7-14(13)20)23-17-21-9-22-18(25-17)24-16-8-15(11-3-4-11)27(2)26-16/h5-11H,3-4H2,1-2H3,(H2,21,22,23,24,25,26). The Bertz CT molecular complexity index is 968. The van der Waals surface area contributed by atoms with Gasteiger partial charge in [0, 0.05) is 36.4 Å². The van der Waals surface area contributed by atoms with Crippen LogP contribution >= 0.6 is 0 Å². The zero-order valence-electron chi connectivity index (χ0n) is 14.9. The van der Waals surface area contributed by atoms with Crippen LogP contribution in [0.1, 0.15) is 43.0 Å². The maximum atomic E-state index is 13.9. The molecular weight excluding hydrogens is 352 g/mol. The summed E-state index contributed by atoms with van der Waals surface area (Å²) in [6.07, 6.45) is 3.74. The van der Waals surface area contributed by atoms with E-state index in [1.165, 1.54) is 37.0 Å². The van der Waals surface area contributed by atoms with E-state index in [1.54, 1.807) is 6.92 Å². The molecule has 0 amide bonds. The Hall–Kier alpha value is -3.10. The maximum Gasteiger partial charge on any atom is 0.233 e. The van der Waals surface area contributed by atoms with Crippen LogP contribution in [0.25, 0.3) is 0 Å². The van der Waals surface area contributed by atoms with Gasteiger partial charge in [0.1, 0.15) is 18.0 Å². The van der Waals surface area contributed by atoms with Crippen molar-refractivity contribution >= 4 is 17.7 Å². The lowest BCUT2D eigenvalue weighted by Gasteiger charge is -2.15. The van der Waals surface area contributed by atoms with E-state index in [9.17, 15) is 8.78 Å². The number of nitrogens with zero attached hydrogens (tertiary/aromatic N) is 5. The van der Waals surface area contributed by atoms with Gasteiger partial charge in [-0.25, -0.2) is 18.7 Å². The molecule has 0 radical (unpaired) electrons. The molecule has 7 nitrogen and oxygen atoms in total. The first-order chi connectivity index (χ1) is 13.0. The molecule has 1 aromatic carbocycles. The minimum absolute atomic E-state index is 0.280. The molecule has 1 aliphatic carbocycles. The lowest BCUT2D eigenvalue weighted by molar-refractivity contribution is 0.566. The minimum Gasteiger partial charge on any atom is -0.347 e. The zero-order chi connectivity index (χ0) is 19.0. The first kappa shape index (κ1) is 17.3. The van der Waals surface area contributed by atoms with Gasteiger partial charge in [0.25, 0.3) is 0 Å². The van der Waals surface area contributed by atoms with Crippen molar-refractivity contribution in [3.63, 3.8) is 0 Å². The summed E-state index contributed by atoms with van der Waals surface area (Å²) >= 11 is 0. The van der Waals surface area contributed by atoms with E-state index in [2.05, 4.69) is 30.7 Å². The summed E-state index contributed by atoms with van der Waals surface area (Å²) in [6.45, 7) is 1.74. The Morgan fingerprint density at radius 3 is 2.67 bits per heavy atom. The van der Waals surface area contributed by atoms with Gasteiger partial charge in [-0.3, -0.25) is 4.68 Å². The predicted octanol–water partition coefficient (Wildman–Crippen LogP) is 3.68. The average Bonchev–Trinajstić information content (AvgIpc) is 3.38. The zero-order valence-corrected chi connectivity index (χ0v) is 14.9. The molecule has 140 valence electrons. The van der Waals surface area contributed by atoms with Crippen molar-refractivity contribution in [1.82, 2.24) is 24.7 Å². The summed E-state index contributed by atoms with van der Waals surface area (Å²) in [5.41, 5.74) is 1.51. The largest absolute Gasteiger partial charge is 0.347 e. The number of rotatable bonds is 6. The molecule has 0 saturated heterocycles. The first-order valence-corrected chi connectivity index (χ1v) is 8.71. The number of nitrogens with one attached hydrogen (secondary N) is 2. The SMILES string of the molecule is CC(Nc1ncnc(Nc2cc(C3CC3)n(C)n2)n1)c1ccc(F)cc1F. The van der Waals surface area contributed by atoms with Gasteiger partial charge in [0.2, 0.25) is 11.9 Å². The third-order valence-electron chi connectivity index (χ3n) is 4.50. The van der Waals surface area contributed by atoms with Gasteiger partial charge in [-0.05, 0) is 25.8 Å². The van der Waals surface area contributed by atoms with E-state index in [-0.39, 0.29) is 5.95 Å². The van der Waals surface area contributed by atoms with E-state index < -0.39 is 17.7 Å². The summed E-state index contributed by atoms with van der Waals surface area (Å²) in [5.74, 6) is 0.621. The lowest BCUT2D eigenvalue weighted by Crippen LogP contribution is -2.12. The Morgan fingerprint density at radius 1 is 1.15 bits per heavy atom. The second-order valence-corrected chi connectivity index (χ2v) is 6.64. The van der Waals surface area contributed by atoms with Crippen molar-refractivity contribution in [2.45, 2.75) is 31.7 Å². The van der Waals surface area contributed by atoms with E-state index in [0.717, 1.165) is 6.07 Å². The number of hydrogen-bond acceptors (Lipinski definition) is 6. The Morgan fingerprint density at radius 2 is 1.93 bits per heavy atom. The molecule has 9 heteroatoms. The van der Waals surface area contributed by atoms with Gasteiger partial charge in [0.05, 0.1) is 6.04 Å². The molecule has 1 unspecified atom stereocenters. The normalized spacial score (nSPS) is 14.8. The van der Waals surface area contributed by atoms with Crippen LogP contribution in [-0.2, 0) is 7.05 Å². The van der Waals surface area contributed by atoms with E-state index in [4.69, 9.17) is 0 Å². The van der Waals surface area contributed by atoms with Crippen molar-refractivity contribution in [2.24, 2.45) is 7.05 Å². The Balaban J connectivity index is 1.48. The molecule has 1 atom stereocenters. The fourth-order valence-electron chi connectivity index (χ4n) is 2.97. The highest BCUT2D eigenvalue weighted by molar-refractivity contribution is 5.50. The summed E-state index contributed by atoms with van der Waals surface area (Å²) in [4.78, 5) is 12.4. The van der Waals surface area contributed by atoms with Crippen LogP contribution in [0, 0.1) is 11.6 Å². The van der Waals surface area contributed by atoms with Crippen LogP contribution in [0.3, 0.4) is 0 Å². The minimum atomic E-state index is -0.622. The van der Waals surface area contributed by atoms with Gasteiger partial charge in [-0.1, -0.05) is 6.07 Å². The number of aromatic nitrogens is 5. The van der Waals surface area contributed by atoms with Crippen LogP contribution in [0.5, 0.6) is 0 Å². The van der Waals surface area contributed by atoms with Gasteiger partial charge < -0.3 is 10.6 Å². The highest BCUT2D eigenvalue weighted by atomic mass is 19.1. The van der Waals surface area contributed by atoms with Gasteiger partial charge in [0.15, 0.2) is 5.82 Å². The smallest absolute Gasteiger partial charge is 0.233 e. The van der Waals surface area contributed by atoms with E-state index in [0.29, 0.717) is 23.2 Å². The molecule has 0 aliphatic heterocycles. The molecule has 3 aromatic rings. The van der Waals surface area contributed by atoms with Gasteiger partial charge in [-0.15, -0.1) is 0 Å². The lowest BCUT2D eigenvalue weighted by atomic mass is 10.1. The molecule has 2 heterocycles. The number of hydrogen-bond donors (Lipinski definition) is 2. The van der Waals surface area contributed by atoms with Crippen molar-refractivity contribution in [3.05, 3.63) is 53.5 Å². The molecule has 4 rings (SSSR count). The first-order valence-electron chi connectivity index (χ1n) is 8.71. The second kappa shape index (κ2) is 6.90. The van der Waals surface area contributed by atoms with Crippen molar-refractivity contribution in [3.8, 4) is 0 Å². The molecule has 27 heavy (non-hydrogen) atoms. The van der Waals surface area contributed by atoms with E-state index in [1.807, 2.05) is 17.8 Å². The summed E-state index contributed by atoms with van der Waals surface area (Å²) < 4.78 is 28.9. The van der Waals surface area contributed by atoms with Gasteiger partial charge in [-0.2, -0.15) is 10.1 Å². The topological polar surface area (TPSA) is 80.5 Å². The monoisotopic (exact) mass is 371 g/mol. The van der Waals surface area contributed by atoms with Crippen molar-refractivity contribution in [1.29, 1.82) is 0 Å². The predicted molar refractivity (Wildman–Crippen MR) is 96.7 cm³/mol. The quantitative estimate of drug-likeness (QED) is 0.688.